The number of hydrogen-bond donors (Lipinski definition) is 1. The molecule has 0 atom stereocenters. The van der Waals surface area contributed by atoms with Crippen LogP contribution in [0.2, 0.25) is 0 Å². The van der Waals surface area contributed by atoms with E-state index in [9.17, 15) is 0 Å². The second kappa shape index (κ2) is 4.92. The summed E-state index contributed by atoms with van der Waals surface area (Å²) in [6, 6.07) is 5.07. The van der Waals surface area contributed by atoms with Crippen LogP contribution < -0.4 is 10.8 Å². The molecule has 2 rings (SSSR count). The quantitative estimate of drug-likeness (QED) is 0.750. The van der Waals surface area contributed by atoms with E-state index in [-0.39, 0.29) is 0 Å². The van der Waals surface area contributed by atoms with Gasteiger partial charge < -0.3 is 10.1 Å². The lowest BCUT2D eigenvalue weighted by atomic mass is 9.86. The van der Waals surface area contributed by atoms with Gasteiger partial charge in [-0.2, -0.15) is 0 Å². The standard InChI is InChI=1S/C13H20BNO/c1-9-7-12(8-10(2)13(9)14)15-11-3-5-16-6-4-11/h7-8,11,15H,3-6,14H2,1-2H3. The molecule has 0 saturated carbocycles. The van der Waals surface area contributed by atoms with Crippen LogP contribution in [0.1, 0.15) is 24.0 Å². The van der Waals surface area contributed by atoms with E-state index in [1.54, 1.807) is 0 Å². The molecule has 1 N–H and O–H groups in total. The molecule has 0 aliphatic carbocycles. The molecule has 1 aliphatic rings. The molecule has 1 fully saturated rings. The molecule has 0 spiro atoms. The number of nitrogens with one attached hydrogen (secondary N) is 1. The largest absolute Gasteiger partial charge is 0.382 e. The average molecular weight is 217 g/mol. The highest BCUT2D eigenvalue weighted by Crippen LogP contribution is 2.17. The first-order valence-corrected chi connectivity index (χ1v) is 6.09. The van der Waals surface area contributed by atoms with Crippen LogP contribution in [0.3, 0.4) is 0 Å². The molecular weight excluding hydrogens is 197 g/mol. The highest BCUT2D eigenvalue weighted by molar-refractivity contribution is 6.34. The first-order valence-electron chi connectivity index (χ1n) is 6.09. The lowest BCUT2D eigenvalue weighted by Gasteiger charge is -2.24. The number of rotatable bonds is 2. The van der Waals surface area contributed by atoms with Crippen LogP contribution in [-0.2, 0) is 4.74 Å². The smallest absolute Gasteiger partial charge is 0.139 e. The fourth-order valence-electron chi connectivity index (χ4n) is 2.20. The van der Waals surface area contributed by atoms with Crippen LogP contribution in [0, 0.1) is 13.8 Å². The normalized spacial score (nSPS) is 17.4. The van der Waals surface area contributed by atoms with Gasteiger partial charge in [-0.3, -0.25) is 0 Å². The minimum atomic E-state index is 0.579. The predicted octanol–water partition coefficient (Wildman–Crippen LogP) is 1.15. The molecule has 1 heterocycles. The molecule has 1 aliphatic heterocycles. The van der Waals surface area contributed by atoms with Gasteiger partial charge in [-0.1, -0.05) is 16.6 Å². The summed E-state index contributed by atoms with van der Waals surface area (Å²) in [6.45, 7) is 6.14. The lowest BCUT2D eigenvalue weighted by molar-refractivity contribution is 0.0904. The van der Waals surface area contributed by atoms with E-state index >= 15 is 0 Å². The number of benzene rings is 1. The van der Waals surface area contributed by atoms with Crippen molar-refractivity contribution < 1.29 is 4.74 Å². The Balaban J connectivity index is 2.09. The topological polar surface area (TPSA) is 21.3 Å². The molecule has 0 aromatic heterocycles. The van der Waals surface area contributed by atoms with E-state index < -0.39 is 0 Å². The van der Waals surface area contributed by atoms with Crippen molar-refractivity contribution in [2.24, 2.45) is 0 Å². The Morgan fingerprint density at radius 1 is 1.19 bits per heavy atom. The molecule has 0 radical (unpaired) electrons. The van der Waals surface area contributed by atoms with Gasteiger partial charge in [-0.25, -0.2) is 0 Å². The summed E-state index contributed by atoms with van der Waals surface area (Å²) >= 11 is 0. The van der Waals surface area contributed by atoms with Crippen LogP contribution >= 0.6 is 0 Å². The van der Waals surface area contributed by atoms with Crippen molar-refractivity contribution in [1.29, 1.82) is 0 Å². The zero-order chi connectivity index (χ0) is 11.5. The molecule has 86 valence electrons. The summed E-state index contributed by atoms with van der Waals surface area (Å²) in [4.78, 5) is 0. The fourth-order valence-corrected chi connectivity index (χ4v) is 2.20. The monoisotopic (exact) mass is 217 g/mol. The van der Waals surface area contributed by atoms with Crippen molar-refractivity contribution in [3.8, 4) is 0 Å². The Bertz CT molecular complexity index is 349. The molecule has 0 amide bonds. The van der Waals surface area contributed by atoms with E-state index in [1.165, 1.54) is 22.3 Å². The summed E-state index contributed by atoms with van der Waals surface area (Å²) in [5.74, 6) is 0. The Kier molecular flexibility index (Phi) is 3.54. The van der Waals surface area contributed by atoms with Crippen LogP contribution in [-0.4, -0.2) is 27.1 Å². The SMILES string of the molecule is Bc1c(C)cc(NC2CCOCC2)cc1C. The lowest BCUT2D eigenvalue weighted by Crippen LogP contribution is -2.28. The second-order valence-corrected chi connectivity index (χ2v) is 4.77. The van der Waals surface area contributed by atoms with Crippen molar-refractivity contribution in [2.45, 2.75) is 32.7 Å². The first kappa shape index (κ1) is 11.5. The van der Waals surface area contributed by atoms with Gasteiger partial charge in [0.05, 0.1) is 0 Å². The van der Waals surface area contributed by atoms with Crippen LogP contribution in [0.4, 0.5) is 5.69 Å². The molecule has 1 saturated heterocycles. The van der Waals surface area contributed by atoms with Gasteiger partial charge in [0, 0.05) is 24.9 Å². The van der Waals surface area contributed by atoms with Gasteiger partial charge in [0.15, 0.2) is 0 Å². The zero-order valence-electron chi connectivity index (χ0n) is 10.5. The maximum absolute atomic E-state index is 5.36. The molecule has 0 bridgehead atoms. The minimum Gasteiger partial charge on any atom is -0.382 e. The van der Waals surface area contributed by atoms with Gasteiger partial charge in [-0.05, 0) is 38.8 Å². The number of ether oxygens (including phenoxy) is 1. The van der Waals surface area contributed by atoms with Gasteiger partial charge in [0.2, 0.25) is 0 Å². The highest BCUT2D eigenvalue weighted by atomic mass is 16.5. The van der Waals surface area contributed by atoms with E-state index in [0.29, 0.717) is 6.04 Å². The Hall–Kier alpha value is -0.955. The molecule has 16 heavy (non-hydrogen) atoms. The van der Waals surface area contributed by atoms with Gasteiger partial charge in [0.25, 0.3) is 0 Å². The second-order valence-electron chi connectivity index (χ2n) is 4.77. The van der Waals surface area contributed by atoms with Crippen molar-refractivity contribution in [3.63, 3.8) is 0 Å². The van der Waals surface area contributed by atoms with Gasteiger partial charge in [-0.15, -0.1) is 0 Å². The summed E-state index contributed by atoms with van der Waals surface area (Å²) in [6.07, 6.45) is 2.23. The summed E-state index contributed by atoms with van der Waals surface area (Å²) in [5.41, 5.74) is 5.40. The van der Waals surface area contributed by atoms with E-state index in [4.69, 9.17) is 4.74 Å². The van der Waals surface area contributed by atoms with Crippen molar-refractivity contribution in [2.75, 3.05) is 18.5 Å². The van der Waals surface area contributed by atoms with Gasteiger partial charge in [0.1, 0.15) is 7.85 Å². The molecule has 1 aromatic rings. The van der Waals surface area contributed by atoms with Gasteiger partial charge >= 0.3 is 0 Å². The molecular formula is C13H20BNO. The molecule has 3 heteroatoms. The predicted molar refractivity (Wildman–Crippen MR) is 71.6 cm³/mol. The van der Waals surface area contributed by atoms with Crippen molar-refractivity contribution in [1.82, 2.24) is 0 Å². The number of hydrogen-bond acceptors (Lipinski definition) is 2. The Morgan fingerprint density at radius 3 is 2.31 bits per heavy atom. The Morgan fingerprint density at radius 2 is 1.75 bits per heavy atom. The van der Waals surface area contributed by atoms with E-state index in [0.717, 1.165) is 26.1 Å². The third kappa shape index (κ3) is 2.59. The highest BCUT2D eigenvalue weighted by Gasteiger charge is 2.13. The van der Waals surface area contributed by atoms with E-state index in [2.05, 4.69) is 39.1 Å². The van der Waals surface area contributed by atoms with Crippen molar-refractivity contribution in [3.05, 3.63) is 23.3 Å². The van der Waals surface area contributed by atoms with Crippen LogP contribution in [0.15, 0.2) is 12.1 Å². The molecule has 2 nitrogen and oxygen atoms in total. The maximum atomic E-state index is 5.36. The molecule has 0 unspecified atom stereocenters. The Labute approximate surface area is 98.8 Å². The fraction of sp³-hybridized carbons (Fsp3) is 0.538. The number of anilines is 1. The summed E-state index contributed by atoms with van der Waals surface area (Å²) in [7, 11) is 2.18. The van der Waals surface area contributed by atoms with Crippen molar-refractivity contribution >= 4 is 19.0 Å². The number of aryl methyl sites for hydroxylation is 2. The third-order valence-electron chi connectivity index (χ3n) is 3.52. The van der Waals surface area contributed by atoms with Crippen LogP contribution in [0.25, 0.3) is 0 Å². The first-order chi connectivity index (χ1) is 7.66. The van der Waals surface area contributed by atoms with E-state index in [1.807, 2.05) is 0 Å². The summed E-state index contributed by atoms with van der Waals surface area (Å²) in [5, 5.41) is 3.61. The summed E-state index contributed by atoms with van der Waals surface area (Å²) < 4.78 is 5.36. The minimum absolute atomic E-state index is 0.579. The third-order valence-corrected chi connectivity index (χ3v) is 3.52. The zero-order valence-corrected chi connectivity index (χ0v) is 10.5. The average Bonchev–Trinajstić information content (AvgIpc) is 2.27. The maximum Gasteiger partial charge on any atom is 0.139 e. The molecule has 1 aromatic carbocycles. The van der Waals surface area contributed by atoms with Crippen LogP contribution in [0.5, 0.6) is 0 Å².